The van der Waals surface area contributed by atoms with Crippen molar-refractivity contribution in [2.45, 2.75) is 251 Å². The van der Waals surface area contributed by atoms with Gasteiger partial charge in [-0.15, -0.1) is 0 Å². The van der Waals surface area contributed by atoms with Crippen molar-refractivity contribution in [3.63, 3.8) is 0 Å². The molecule has 0 saturated heterocycles. The molecule has 0 aliphatic rings. The van der Waals surface area contributed by atoms with E-state index in [-0.39, 0.29) is 25.9 Å². The number of ether oxygens (including phenoxy) is 3. The van der Waals surface area contributed by atoms with Crippen molar-refractivity contribution in [1.29, 1.82) is 0 Å². The number of aliphatic hydroxyl groups excluding tert-OH is 1. The lowest BCUT2D eigenvalue weighted by atomic mass is 10.1. The van der Waals surface area contributed by atoms with Gasteiger partial charge in [-0.05, 0) is 135 Å². The number of unbranched alkanes of at least 4 members (excludes halogenated alkanes) is 16. The summed E-state index contributed by atoms with van der Waals surface area (Å²) in [5.74, 6) is -1.54. The zero-order valence-electron chi connectivity index (χ0n) is 51.4. The number of allylic oxidation sites excluding steroid dienone is 24. The van der Waals surface area contributed by atoms with Gasteiger partial charge in [-0.25, -0.2) is 4.57 Å². The van der Waals surface area contributed by atoms with Crippen LogP contribution in [0.15, 0.2) is 146 Å². The largest absolute Gasteiger partial charge is 0.472 e. The lowest BCUT2D eigenvalue weighted by Gasteiger charge is -2.21. The van der Waals surface area contributed by atoms with E-state index in [2.05, 4.69) is 167 Å². The standard InChI is InChI=1S/C70H113O11P/c1-4-7-10-13-16-19-22-25-28-31-33-36-38-41-44-47-50-53-56-59-68(72)77-63-67(81-70(74)61-58-55-52-49-46-43-40-37-34-32-29-26-23-20-17-14-11-8-5-2)65-79-82(75,76)78-64-66(62-71)80-69(73)60-57-54-51-48-45-42-39-35-30-27-24-21-18-15-12-9-6-3/h7-12,16-21,25-30,33-34,36-37,43,46,66-67,71H,4-6,13-15,22-24,31-32,35,38-42,44-45,47-65H2,1-3H3,(H,75,76)/b10-7-,11-8-,12-9-,19-16-,20-17-,21-18-,28-25-,29-26-,30-27-,36-33-,37-34-,46-43-. The van der Waals surface area contributed by atoms with E-state index in [1.165, 1.54) is 6.42 Å². The highest BCUT2D eigenvalue weighted by Gasteiger charge is 2.28. The van der Waals surface area contributed by atoms with Crippen LogP contribution in [0, 0.1) is 0 Å². The molecule has 2 N–H and O–H groups in total. The van der Waals surface area contributed by atoms with Crippen molar-refractivity contribution in [2.24, 2.45) is 0 Å². The van der Waals surface area contributed by atoms with E-state index >= 15 is 0 Å². The Bertz CT molecular complexity index is 1930. The maximum Gasteiger partial charge on any atom is 0.472 e. The molecule has 12 heteroatoms. The number of esters is 3. The molecule has 0 rings (SSSR count). The number of carbonyl (C=O) groups is 3. The van der Waals surface area contributed by atoms with Crippen LogP contribution in [0.4, 0.5) is 0 Å². The minimum atomic E-state index is -4.78. The van der Waals surface area contributed by atoms with E-state index in [0.29, 0.717) is 19.3 Å². The first kappa shape index (κ1) is 77.4. The summed E-state index contributed by atoms with van der Waals surface area (Å²) in [4.78, 5) is 48.8. The minimum absolute atomic E-state index is 0.116. The maximum atomic E-state index is 13.0. The molecular formula is C70H113O11P. The zero-order valence-corrected chi connectivity index (χ0v) is 52.3. The molecule has 0 radical (unpaired) electrons. The highest BCUT2D eigenvalue weighted by Crippen LogP contribution is 2.43. The van der Waals surface area contributed by atoms with Gasteiger partial charge >= 0.3 is 25.7 Å². The molecule has 0 heterocycles. The first-order chi connectivity index (χ1) is 40.2. The van der Waals surface area contributed by atoms with Crippen LogP contribution in [0.5, 0.6) is 0 Å². The minimum Gasteiger partial charge on any atom is -0.462 e. The average molecular weight is 1160 g/mol. The molecule has 0 spiro atoms. The molecule has 0 aromatic rings. The summed E-state index contributed by atoms with van der Waals surface area (Å²) in [5.41, 5.74) is 0. The van der Waals surface area contributed by atoms with Gasteiger partial charge in [0.05, 0.1) is 19.8 Å². The summed E-state index contributed by atoms with van der Waals surface area (Å²) in [7, 11) is -4.78. The third-order valence-electron chi connectivity index (χ3n) is 12.7. The molecule has 82 heavy (non-hydrogen) atoms. The van der Waals surface area contributed by atoms with Gasteiger partial charge in [-0.3, -0.25) is 23.4 Å². The Morgan fingerprint density at radius 3 is 0.927 bits per heavy atom. The van der Waals surface area contributed by atoms with Gasteiger partial charge in [-0.1, -0.05) is 231 Å². The summed E-state index contributed by atoms with van der Waals surface area (Å²) in [5, 5.41) is 9.86. The number of hydrogen-bond donors (Lipinski definition) is 2. The zero-order chi connectivity index (χ0) is 59.8. The van der Waals surface area contributed by atoms with Crippen LogP contribution in [0.1, 0.15) is 239 Å². The number of phosphoric acid groups is 1. The molecule has 11 nitrogen and oxygen atoms in total. The molecule has 0 bridgehead atoms. The Morgan fingerprint density at radius 2 is 0.598 bits per heavy atom. The first-order valence-corrected chi connectivity index (χ1v) is 33.2. The van der Waals surface area contributed by atoms with Crippen molar-refractivity contribution >= 4 is 25.7 Å². The van der Waals surface area contributed by atoms with Crippen molar-refractivity contribution in [2.75, 3.05) is 26.4 Å². The van der Waals surface area contributed by atoms with E-state index in [1.807, 2.05) is 0 Å². The topological polar surface area (TPSA) is 155 Å². The van der Waals surface area contributed by atoms with E-state index in [4.69, 9.17) is 23.3 Å². The van der Waals surface area contributed by atoms with Gasteiger partial charge in [-0.2, -0.15) is 0 Å². The Balaban J connectivity index is 4.82. The van der Waals surface area contributed by atoms with E-state index < -0.39 is 57.8 Å². The van der Waals surface area contributed by atoms with E-state index in [9.17, 15) is 28.9 Å². The van der Waals surface area contributed by atoms with Crippen LogP contribution < -0.4 is 0 Å². The predicted molar refractivity (Wildman–Crippen MR) is 343 cm³/mol. The number of carbonyl (C=O) groups excluding carboxylic acids is 3. The van der Waals surface area contributed by atoms with Gasteiger partial charge in [0.2, 0.25) is 0 Å². The molecule has 0 saturated carbocycles. The number of rotatable bonds is 57. The molecule has 3 unspecified atom stereocenters. The molecule has 0 aliphatic carbocycles. The molecule has 0 amide bonds. The van der Waals surface area contributed by atoms with Gasteiger partial charge in [0.25, 0.3) is 0 Å². The third-order valence-corrected chi connectivity index (χ3v) is 13.7. The highest BCUT2D eigenvalue weighted by atomic mass is 31.2. The van der Waals surface area contributed by atoms with Crippen LogP contribution in [-0.4, -0.2) is 66.5 Å². The molecule has 0 fully saturated rings. The second-order valence-corrected chi connectivity index (χ2v) is 21.9. The summed E-state index contributed by atoms with van der Waals surface area (Å²) in [6.45, 7) is 4.24. The smallest absolute Gasteiger partial charge is 0.462 e. The van der Waals surface area contributed by atoms with Crippen molar-refractivity contribution < 1.29 is 52.2 Å². The highest BCUT2D eigenvalue weighted by molar-refractivity contribution is 7.47. The second kappa shape index (κ2) is 62.4. The van der Waals surface area contributed by atoms with Gasteiger partial charge < -0.3 is 24.2 Å². The van der Waals surface area contributed by atoms with Gasteiger partial charge in [0.15, 0.2) is 6.10 Å². The normalized spacial score (nSPS) is 14.3. The number of hydrogen-bond acceptors (Lipinski definition) is 10. The number of aliphatic hydroxyl groups is 1. The van der Waals surface area contributed by atoms with Crippen LogP contribution >= 0.6 is 7.82 Å². The molecule has 0 aliphatic heterocycles. The summed E-state index contributed by atoms with van der Waals surface area (Å²) < 4.78 is 39.6. The van der Waals surface area contributed by atoms with Crippen LogP contribution in [-0.2, 0) is 42.2 Å². The van der Waals surface area contributed by atoms with Crippen LogP contribution in [0.3, 0.4) is 0 Å². The fraction of sp³-hybridized carbons (Fsp3) is 0.614. The van der Waals surface area contributed by atoms with Crippen LogP contribution in [0.2, 0.25) is 0 Å². The Labute approximate surface area is 499 Å². The summed E-state index contributed by atoms with van der Waals surface area (Å²) >= 11 is 0. The quantitative estimate of drug-likeness (QED) is 0.0197. The Hall–Kier alpha value is -4.64. The molecule has 0 aromatic carbocycles. The predicted octanol–water partition coefficient (Wildman–Crippen LogP) is 19.5. The summed E-state index contributed by atoms with van der Waals surface area (Å²) in [6.07, 6.45) is 80.8. The maximum absolute atomic E-state index is 13.0. The molecule has 3 atom stereocenters. The third kappa shape index (κ3) is 60.0. The van der Waals surface area contributed by atoms with Crippen molar-refractivity contribution in [1.82, 2.24) is 0 Å². The van der Waals surface area contributed by atoms with E-state index in [0.717, 1.165) is 173 Å². The SMILES string of the molecule is CC/C=C\C/C=C\C/C=C\C/C=C\C/C=C\CCCCCC(=O)OC(COC(=O)CCCCCCCC/C=C\C/C=C\C/C=C\C/C=C\CC)COP(=O)(O)OCC(CO)OC(=O)CCCCCCCCC/C=C\C/C=C\C/C=C\CC. The lowest BCUT2D eigenvalue weighted by Crippen LogP contribution is -2.30. The monoisotopic (exact) mass is 1160 g/mol. The summed E-state index contributed by atoms with van der Waals surface area (Å²) in [6, 6.07) is 0. The van der Waals surface area contributed by atoms with Gasteiger partial charge in [0, 0.05) is 19.3 Å². The number of phosphoric ester groups is 1. The average Bonchev–Trinajstić information content (AvgIpc) is 3.50. The molecular weight excluding hydrogens is 1050 g/mol. The lowest BCUT2D eigenvalue weighted by molar-refractivity contribution is -0.161. The van der Waals surface area contributed by atoms with Crippen molar-refractivity contribution in [3.8, 4) is 0 Å². The van der Waals surface area contributed by atoms with E-state index in [1.54, 1.807) is 0 Å². The molecule has 0 aromatic heterocycles. The fourth-order valence-electron chi connectivity index (χ4n) is 8.03. The van der Waals surface area contributed by atoms with Crippen molar-refractivity contribution in [3.05, 3.63) is 146 Å². The Morgan fingerprint density at radius 1 is 0.341 bits per heavy atom. The fourth-order valence-corrected chi connectivity index (χ4v) is 8.82. The first-order valence-electron chi connectivity index (χ1n) is 31.7. The second-order valence-electron chi connectivity index (χ2n) is 20.4. The molecule has 464 valence electrons. The Kier molecular flexibility index (Phi) is 58.9. The van der Waals surface area contributed by atoms with Gasteiger partial charge in [0.1, 0.15) is 12.7 Å². The van der Waals surface area contributed by atoms with Crippen LogP contribution in [0.25, 0.3) is 0 Å².